The molecule has 0 N–H and O–H groups in total. The molecule has 4 nitrogen and oxygen atoms in total. The minimum Gasteiger partial charge on any atom is -0.488 e. The third kappa shape index (κ3) is 4.68. The van der Waals surface area contributed by atoms with Crippen molar-refractivity contribution in [3.63, 3.8) is 0 Å². The van der Waals surface area contributed by atoms with Crippen LogP contribution in [-0.4, -0.2) is 29.4 Å². The predicted octanol–water partition coefficient (Wildman–Crippen LogP) is 1.82. The Morgan fingerprint density at radius 2 is 2.13 bits per heavy atom. The van der Waals surface area contributed by atoms with Crippen LogP contribution in [-0.2, 0) is 11.3 Å². The van der Waals surface area contributed by atoms with Crippen LogP contribution in [0.2, 0.25) is 0 Å². The Morgan fingerprint density at radius 3 is 2.67 bits per heavy atom. The molecule has 1 rings (SSSR count). The van der Waals surface area contributed by atoms with E-state index >= 15 is 0 Å². The van der Waals surface area contributed by atoms with Crippen molar-refractivity contribution in [1.29, 1.82) is 0 Å². The van der Waals surface area contributed by atoms with Crippen LogP contribution < -0.4 is 4.74 Å². The number of aryl methyl sites for hydroxylation is 1. The standard InChI is InChI=1S/C8H11F3N2O2/c1-2-13-6-7(5-12-13)14-3-4-15-8(9,10)11/h5-6H,2-4H2,1H3. The summed E-state index contributed by atoms with van der Waals surface area (Å²) in [6.07, 6.45) is -1.55. The molecule has 0 aliphatic carbocycles. The fraction of sp³-hybridized carbons (Fsp3) is 0.625. The number of hydrogen-bond acceptors (Lipinski definition) is 3. The number of hydrogen-bond donors (Lipinski definition) is 0. The molecule has 1 aromatic heterocycles. The predicted molar refractivity (Wildman–Crippen MR) is 45.4 cm³/mol. The van der Waals surface area contributed by atoms with Crippen molar-refractivity contribution in [1.82, 2.24) is 9.78 Å². The van der Waals surface area contributed by atoms with E-state index in [-0.39, 0.29) is 6.61 Å². The van der Waals surface area contributed by atoms with Crippen LogP contribution in [0.15, 0.2) is 12.4 Å². The van der Waals surface area contributed by atoms with Gasteiger partial charge in [-0.05, 0) is 6.92 Å². The van der Waals surface area contributed by atoms with Gasteiger partial charge in [0.1, 0.15) is 6.61 Å². The van der Waals surface area contributed by atoms with Gasteiger partial charge in [0.15, 0.2) is 5.75 Å². The van der Waals surface area contributed by atoms with Crippen LogP contribution >= 0.6 is 0 Å². The van der Waals surface area contributed by atoms with Gasteiger partial charge in [0.25, 0.3) is 0 Å². The van der Waals surface area contributed by atoms with Crippen LogP contribution in [0.25, 0.3) is 0 Å². The van der Waals surface area contributed by atoms with E-state index in [1.54, 1.807) is 10.9 Å². The Balaban J connectivity index is 2.20. The quantitative estimate of drug-likeness (QED) is 0.716. The average molecular weight is 224 g/mol. The molecular formula is C8H11F3N2O2. The van der Waals surface area contributed by atoms with E-state index in [1.165, 1.54) is 6.20 Å². The van der Waals surface area contributed by atoms with Crippen molar-refractivity contribution >= 4 is 0 Å². The van der Waals surface area contributed by atoms with Crippen LogP contribution in [0, 0.1) is 0 Å². The maximum atomic E-state index is 11.5. The van der Waals surface area contributed by atoms with E-state index in [2.05, 4.69) is 9.84 Å². The smallest absolute Gasteiger partial charge is 0.488 e. The molecule has 0 saturated heterocycles. The fourth-order valence-electron chi connectivity index (χ4n) is 0.909. The molecular weight excluding hydrogens is 213 g/mol. The third-order valence-corrected chi connectivity index (χ3v) is 1.55. The summed E-state index contributed by atoms with van der Waals surface area (Å²) in [6, 6.07) is 0. The van der Waals surface area contributed by atoms with E-state index in [1.807, 2.05) is 6.92 Å². The topological polar surface area (TPSA) is 36.3 Å². The van der Waals surface area contributed by atoms with Crippen LogP contribution in [0.3, 0.4) is 0 Å². The summed E-state index contributed by atoms with van der Waals surface area (Å²) in [5, 5.41) is 3.89. The highest BCUT2D eigenvalue weighted by Gasteiger charge is 2.28. The van der Waals surface area contributed by atoms with Crippen LogP contribution in [0.1, 0.15) is 6.92 Å². The first kappa shape index (κ1) is 11.8. The molecule has 86 valence electrons. The largest absolute Gasteiger partial charge is 0.522 e. The molecule has 0 atom stereocenters. The molecule has 0 amide bonds. The molecule has 0 aliphatic rings. The summed E-state index contributed by atoms with van der Waals surface area (Å²) in [5.41, 5.74) is 0. The number of halogens is 3. The van der Waals surface area contributed by atoms with E-state index < -0.39 is 13.0 Å². The number of aromatic nitrogens is 2. The number of ether oxygens (including phenoxy) is 2. The zero-order valence-corrected chi connectivity index (χ0v) is 8.12. The molecule has 0 radical (unpaired) electrons. The lowest BCUT2D eigenvalue weighted by Crippen LogP contribution is -2.18. The van der Waals surface area contributed by atoms with Gasteiger partial charge in [-0.2, -0.15) is 5.10 Å². The summed E-state index contributed by atoms with van der Waals surface area (Å²) < 4.78 is 44.8. The molecule has 7 heteroatoms. The van der Waals surface area contributed by atoms with Crippen molar-refractivity contribution in [3.05, 3.63) is 12.4 Å². The van der Waals surface area contributed by atoms with Crippen molar-refractivity contribution in [2.24, 2.45) is 0 Å². The minimum absolute atomic E-state index is 0.158. The normalized spacial score (nSPS) is 11.7. The molecule has 0 aliphatic heterocycles. The highest BCUT2D eigenvalue weighted by Crippen LogP contribution is 2.15. The highest BCUT2D eigenvalue weighted by atomic mass is 19.4. The van der Waals surface area contributed by atoms with Crippen molar-refractivity contribution < 1.29 is 22.6 Å². The van der Waals surface area contributed by atoms with Gasteiger partial charge in [-0.3, -0.25) is 9.42 Å². The Morgan fingerprint density at radius 1 is 1.40 bits per heavy atom. The second-order valence-electron chi connectivity index (χ2n) is 2.67. The molecule has 1 aromatic rings. The molecule has 0 aromatic carbocycles. The second-order valence-corrected chi connectivity index (χ2v) is 2.67. The zero-order valence-electron chi connectivity index (χ0n) is 8.12. The molecule has 0 bridgehead atoms. The van der Waals surface area contributed by atoms with Crippen molar-refractivity contribution in [3.8, 4) is 5.75 Å². The van der Waals surface area contributed by atoms with Crippen molar-refractivity contribution in [2.75, 3.05) is 13.2 Å². The number of rotatable bonds is 5. The first-order valence-electron chi connectivity index (χ1n) is 4.37. The van der Waals surface area contributed by atoms with Crippen molar-refractivity contribution in [2.45, 2.75) is 19.8 Å². The SMILES string of the molecule is CCn1cc(OCCOC(F)(F)F)cn1. The van der Waals surface area contributed by atoms with Crippen LogP contribution in [0.4, 0.5) is 13.2 Å². The molecule has 0 saturated carbocycles. The lowest BCUT2D eigenvalue weighted by Gasteiger charge is -2.07. The lowest BCUT2D eigenvalue weighted by atomic mass is 10.6. The summed E-state index contributed by atoms with van der Waals surface area (Å²) >= 11 is 0. The van der Waals surface area contributed by atoms with Gasteiger partial charge in [0.05, 0.1) is 19.0 Å². The fourth-order valence-corrected chi connectivity index (χ4v) is 0.909. The maximum Gasteiger partial charge on any atom is 0.522 e. The highest BCUT2D eigenvalue weighted by molar-refractivity contribution is 5.11. The van der Waals surface area contributed by atoms with Gasteiger partial charge in [-0.15, -0.1) is 13.2 Å². The van der Waals surface area contributed by atoms with Gasteiger partial charge in [0.2, 0.25) is 0 Å². The van der Waals surface area contributed by atoms with Gasteiger partial charge in [-0.1, -0.05) is 0 Å². The Bertz CT molecular complexity index is 298. The molecule has 0 spiro atoms. The monoisotopic (exact) mass is 224 g/mol. The molecule has 0 unspecified atom stereocenters. The third-order valence-electron chi connectivity index (χ3n) is 1.55. The summed E-state index contributed by atoms with van der Waals surface area (Å²) in [5.74, 6) is 0.433. The molecule has 0 fully saturated rings. The summed E-state index contributed by atoms with van der Waals surface area (Å²) in [7, 11) is 0. The van der Waals surface area contributed by atoms with E-state index in [0.717, 1.165) is 0 Å². The Labute approximate surface area is 84.6 Å². The number of nitrogens with zero attached hydrogens (tertiary/aromatic N) is 2. The summed E-state index contributed by atoms with van der Waals surface area (Å²) in [6.45, 7) is 1.89. The van der Waals surface area contributed by atoms with E-state index in [0.29, 0.717) is 12.3 Å². The second kappa shape index (κ2) is 5.01. The van der Waals surface area contributed by atoms with E-state index in [9.17, 15) is 13.2 Å². The first-order valence-corrected chi connectivity index (χ1v) is 4.37. The molecule has 15 heavy (non-hydrogen) atoms. The Hall–Kier alpha value is -1.24. The van der Waals surface area contributed by atoms with E-state index in [4.69, 9.17) is 4.74 Å². The zero-order chi connectivity index (χ0) is 11.3. The molecule has 1 heterocycles. The van der Waals surface area contributed by atoms with Gasteiger partial charge < -0.3 is 4.74 Å². The Kier molecular flexibility index (Phi) is 3.96. The minimum atomic E-state index is -4.60. The maximum absolute atomic E-state index is 11.5. The summed E-state index contributed by atoms with van der Waals surface area (Å²) in [4.78, 5) is 0. The first-order chi connectivity index (χ1) is 7.01. The average Bonchev–Trinajstić information content (AvgIpc) is 2.59. The van der Waals surface area contributed by atoms with Gasteiger partial charge in [0, 0.05) is 6.54 Å². The van der Waals surface area contributed by atoms with Gasteiger partial charge in [-0.25, -0.2) is 0 Å². The van der Waals surface area contributed by atoms with Gasteiger partial charge >= 0.3 is 6.36 Å². The van der Waals surface area contributed by atoms with Crippen LogP contribution in [0.5, 0.6) is 5.75 Å². The number of alkyl halides is 3. The lowest BCUT2D eigenvalue weighted by molar-refractivity contribution is -0.325.